The molecule has 0 aromatic heterocycles. The SMILES string of the molecule is CC[C@@H](C)C(=O)N[C@@H]1CCCN1C(=O)[C@H]1C(=O)c2c(OC)cc(OC)cc2O[C@@](C(=O)OC)(c2ccc(OC)cc2)[C@@H]1c1ccccc1. The first-order valence-electron chi connectivity index (χ1n) is 16.0. The molecule has 2 amide bonds. The fraction of sp³-hybridized carbons (Fsp3) is 0.405. The Kier molecular flexibility index (Phi) is 10.3. The average Bonchev–Trinajstić information content (AvgIpc) is 3.55. The summed E-state index contributed by atoms with van der Waals surface area (Å²) in [6.45, 7) is 4.05. The van der Waals surface area contributed by atoms with Crippen LogP contribution in [-0.2, 0) is 24.7 Å². The van der Waals surface area contributed by atoms with Crippen LogP contribution in [0.15, 0.2) is 66.7 Å². The second kappa shape index (κ2) is 14.4. The predicted octanol–water partition coefficient (Wildman–Crippen LogP) is 4.87. The van der Waals surface area contributed by atoms with Crippen molar-refractivity contribution in [2.24, 2.45) is 11.8 Å². The van der Waals surface area contributed by atoms with Crippen LogP contribution in [0, 0.1) is 11.8 Å². The van der Waals surface area contributed by atoms with Gasteiger partial charge in [-0.25, -0.2) is 4.79 Å². The van der Waals surface area contributed by atoms with Crippen molar-refractivity contribution in [2.45, 2.75) is 50.8 Å². The van der Waals surface area contributed by atoms with Crippen molar-refractivity contribution >= 4 is 23.6 Å². The summed E-state index contributed by atoms with van der Waals surface area (Å²) >= 11 is 0. The number of esters is 1. The number of ketones is 1. The summed E-state index contributed by atoms with van der Waals surface area (Å²) in [6.07, 6.45) is 1.12. The molecule has 1 fully saturated rings. The highest BCUT2D eigenvalue weighted by molar-refractivity contribution is 6.15. The van der Waals surface area contributed by atoms with Gasteiger partial charge in [0.25, 0.3) is 0 Å². The standard InChI is InChI=1S/C37H42N2O9/c1-7-22(2)34(41)38-29-14-11-19-39(29)35(42)31-32(23-12-9-8-10-13-23)37(36(43)47-6,24-15-17-25(44-3)18-16-24)48-28-21-26(45-4)20-27(46-5)30(28)33(31)40/h8-10,12-13,15-18,20-22,29,31-32H,7,11,14,19H2,1-6H3,(H,38,41)/t22-,29+,31-,32-,37+/m1/s1. The fourth-order valence-electron chi connectivity index (χ4n) is 6.66. The van der Waals surface area contributed by atoms with Gasteiger partial charge in [0, 0.05) is 30.2 Å². The first-order valence-corrected chi connectivity index (χ1v) is 16.0. The molecule has 1 N–H and O–H groups in total. The number of hydrogen-bond donors (Lipinski definition) is 1. The van der Waals surface area contributed by atoms with Crippen LogP contribution >= 0.6 is 0 Å². The van der Waals surface area contributed by atoms with Crippen molar-refractivity contribution in [2.75, 3.05) is 35.0 Å². The molecule has 0 unspecified atom stereocenters. The topological polar surface area (TPSA) is 130 Å². The molecular weight excluding hydrogens is 616 g/mol. The molecule has 0 saturated carbocycles. The highest BCUT2D eigenvalue weighted by atomic mass is 16.6. The minimum Gasteiger partial charge on any atom is -0.497 e. The molecule has 3 aromatic carbocycles. The number of nitrogens with zero attached hydrogens (tertiary/aromatic N) is 1. The summed E-state index contributed by atoms with van der Waals surface area (Å²) in [5.74, 6) is -4.28. The molecule has 0 spiro atoms. The van der Waals surface area contributed by atoms with Crippen LogP contribution in [0.2, 0.25) is 0 Å². The lowest BCUT2D eigenvalue weighted by molar-refractivity contribution is -0.165. The third kappa shape index (κ3) is 6.05. The van der Waals surface area contributed by atoms with Gasteiger partial charge >= 0.3 is 5.97 Å². The van der Waals surface area contributed by atoms with Gasteiger partial charge in [0.05, 0.1) is 34.4 Å². The van der Waals surface area contributed by atoms with Crippen molar-refractivity contribution < 1.29 is 42.9 Å². The van der Waals surface area contributed by atoms with Gasteiger partial charge < -0.3 is 33.9 Å². The number of likely N-dealkylation sites (tertiary alicyclic amines) is 1. The zero-order chi connectivity index (χ0) is 34.6. The van der Waals surface area contributed by atoms with Crippen molar-refractivity contribution in [1.82, 2.24) is 10.2 Å². The van der Waals surface area contributed by atoms with Crippen LogP contribution in [0.5, 0.6) is 23.0 Å². The van der Waals surface area contributed by atoms with E-state index < -0.39 is 41.3 Å². The Morgan fingerprint density at radius 3 is 2.25 bits per heavy atom. The van der Waals surface area contributed by atoms with E-state index in [9.17, 15) is 9.59 Å². The number of fused-ring (bicyclic) bond motifs is 1. The maximum absolute atomic E-state index is 15.1. The van der Waals surface area contributed by atoms with E-state index in [1.165, 1.54) is 45.5 Å². The number of carbonyl (C=O) groups is 4. The van der Waals surface area contributed by atoms with Gasteiger partial charge in [0.1, 0.15) is 40.6 Å². The number of ether oxygens (including phenoxy) is 5. The predicted molar refractivity (Wildman–Crippen MR) is 176 cm³/mol. The van der Waals surface area contributed by atoms with Crippen LogP contribution in [0.25, 0.3) is 0 Å². The van der Waals surface area contributed by atoms with Gasteiger partial charge in [-0.2, -0.15) is 0 Å². The van der Waals surface area contributed by atoms with Gasteiger partial charge in [-0.1, -0.05) is 56.3 Å². The van der Waals surface area contributed by atoms with Gasteiger partial charge in [-0.15, -0.1) is 0 Å². The first-order chi connectivity index (χ1) is 23.1. The molecule has 3 aromatic rings. The minimum absolute atomic E-state index is 0.0169. The lowest BCUT2D eigenvalue weighted by Gasteiger charge is -2.41. The quantitative estimate of drug-likeness (QED) is 0.240. The molecule has 2 aliphatic rings. The molecule has 11 nitrogen and oxygen atoms in total. The smallest absolute Gasteiger partial charge is 0.355 e. The zero-order valence-electron chi connectivity index (χ0n) is 28.1. The highest BCUT2D eigenvalue weighted by Gasteiger charge is 2.61. The number of hydrogen-bond acceptors (Lipinski definition) is 9. The molecular formula is C37H42N2O9. The second-order valence-corrected chi connectivity index (χ2v) is 12.0. The molecule has 2 aliphatic heterocycles. The summed E-state index contributed by atoms with van der Waals surface area (Å²) in [6, 6.07) is 18.5. The van der Waals surface area contributed by atoms with E-state index in [1.54, 1.807) is 54.6 Å². The van der Waals surface area contributed by atoms with Gasteiger partial charge in [-0.05, 0) is 37.0 Å². The lowest BCUT2D eigenvalue weighted by Crippen LogP contribution is -2.56. The summed E-state index contributed by atoms with van der Waals surface area (Å²) in [5, 5.41) is 3.02. The fourth-order valence-corrected chi connectivity index (χ4v) is 6.66. The van der Waals surface area contributed by atoms with E-state index in [-0.39, 0.29) is 28.9 Å². The minimum atomic E-state index is -2.07. The Balaban J connectivity index is 1.82. The number of Topliss-reactive ketones (excluding diaryl/α,β-unsaturated/α-hetero) is 1. The Morgan fingerprint density at radius 1 is 0.958 bits per heavy atom. The zero-order valence-corrected chi connectivity index (χ0v) is 28.1. The summed E-state index contributed by atoms with van der Waals surface area (Å²) < 4.78 is 28.9. The molecule has 1 saturated heterocycles. The Labute approximate surface area is 280 Å². The summed E-state index contributed by atoms with van der Waals surface area (Å²) in [4.78, 5) is 59.2. The van der Waals surface area contributed by atoms with E-state index in [0.29, 0.717) is 48.4 Å². The number of nitrogens with one attached hydrogen (secondary N) is 1. The Morgan fingerprint density at radius 2 is 1.65 bits per heavy atom. The molecule has 11 heteroatoms. The summed E-state index contributed by atoms with van der Waals surface area (Å²) in [5.41, 5.74) is -1.28. The number of amides is 2. The Bertz CT molecular complexity index is 1660. The van der Waals surface area contributed by atoms with Crippen molar-refractivity contribution in [3.8, 4) is 23.0 Å². The third-order valence-corrected chi connectivity index (χ3v) is 9.40. The van der Waals surface area contributed by atoms with Gasteiger partial charge in [0.15, 0.2) is 5.78 Å². The molecule has 5 atom stereocenters. The van der Waals surface area contributed by atoms with Gasteiger partial charge in [0.2, 0.25) is 17.4 Å². The lowest BCUT2D eigenvalue weighted by atomic mass is 9.68. The molecule has 254 valence electrons. The van der Waals surface area contributed by atoms with E-state index in [2.05, 4.69) is 5.32 Å². The van der Waals surface area contributed by atoms with Gasteiger partial charge in [-0.3, -0.25) is 14.4 Å². The van der Waals surface area contributed by atoms with Crippen molar-refractivity contribution in [3.63, 3.8) is 0 Å². The maximum atomic E-state index is 15.1. The van der Waals surface area contributed by atoms with Crippen LogP contribution in [0.4, 0.5) is 0 Å². The highest BCUT2D eigenvalue weighted by Crippen LogP contribution is 2.53. The number of benzene rings is 3. The molecule has 48 heavy (non-hydrogen) atoms. The van der Waals surface area contributed by atoms with Crippen LogP contribution in [-0.4, -0.2) is 69.6 Å². The van der Waals surface area contributed by atoms with E-state index in [4.69, 9.17) is 23.7 Å². The number of rotatable bonds is 10. The van der Waals surface area contributed by atoms with E-state index >= 15 is 9.59 Å². The van der Waals surface area contributed by atoms with Crippen LogP contribution < -0.4 is 24.3 Å². The third-order valence-electron chi connectivity index (χ3n) is 9.40. The summed E-state index contributed by atoms with van der Waals surface area (Å²) in [7, 11) is 5.61. The average molecular weight is 659 g/mol. The molecule has 0 radical (unpaired) electrons. The molecule has 5 rings (SSSR count). The molecule has 0 bridgehead atoms. The molecule has 2 heterocycles. The van der Waals surface area contributed by atoms with Crippen molar-refractivity contribution in [1.29, 1.82) is 0 Å². The van der Waals surface area contributed by atoms with Crippen LogP contribution in [0.3, 0.4) is 0 Å². The first kappa shape index (κ1) is 34.3. The molecule has 0 aliphatic carbocycles. The Hall–Kier alpha value is -5.06. The van der Waals surface area contributed by atoms with E-state index in [0.717, 1.165) is 0 Å². The number of carbonyl (C=O) groups excluding carboxylic acids is 4. The largest absolute Gasteiger partial charge is 0.497 e. The normalized spacial score (nSPS) is 22.4. The van der Waals surface area contributed by atoms with E-state index in [1.807, 2.05) is 13.8 Å². The van der Waals surface area contributed by atoms with Crippen LogP contribution in [0.1, 0.15) is 60.5 Å². The van der Waals surface area contributed by atoms with Crippen molar-refractivity contribution in [3.05, 3.63) is 83.4 Å². The number of methoxy groups -OCH3 is 4. The maximum Gasteiger partial charge on any atom is 0.355 e. The second-order valence-electron chi connectivity index (χ2n) is 12.0. The monoisotopic (exact) mass is 658 g/mol.